The van der Waals surface area contributed by atoms with Crippen LogP contribution in [0, 0.1) is 0 Å². The molecule has 19 heavy (non-hydrogen) atoms. The Labute approximate surface area is 120 Å². The van der Waals surface area contributed by atoms with Crippen molar-refractivity contribution in [3.05, 3.63) is 16.7 Å². The molecule has 2 rings (SSSR count). The number of nitrogens with zero attached hydrogens (tertiary/aromatic N) is 1. The van der Waals surface area contributed by atoms with Crippen molar-refractivity contribution in [2.24, 2.45) is 5.84 Å². The number of pyridine rings is 1. The van der Waals surface area contributed by atoms with Gasteiger partial charge in [0.05, 0.1) is 12.1 Å². The summed E-state index contributed by atoms with van der Waals surface area (Å²) in [6.07, 6.45) is 2.09. The maximum atomic E-state index is 12.4. The molecule has 7 nitrogen and oxygen atoms in total. The largest absolute Gasteiger partial charge is 0.379 e. The molecule has 0 saturated carbocycles. The van der Waals surface area contributed by atoms with Gasteiger partial charge >= 0.3 is 0 Å². The van der Waals surface area contributed by atoms with Gasteiger partial charge in [-0.05, 0) is 35.3 Å². The number of anilines is 1. The first-order chi connectivity index (χ1) is 8.86. The molecule has 1 unspecified atom stereocenters. The van der Waals surface area contributed by atoms with Gasteiger partial charge < -0.3 is 10.2 Å². The lowest BCUT2D eigenvalue weighted by atomic mass is 10.0. The molecule has 1 aliphatic rings. The molecule has 1 fully saturated rings. The van der Waals surface area contributed by atoms with Crippen molar-refractivity contribution in [2.75, 3.05) is 18.6 Å². The summed E-state index contributed by atoms with van der Waals surface area (Å²) in [6.45, 7) is 2.69. The second kappa shape index (κ2) is 5.33. The first kappa shape index (κ1) is 14.7. The molecule has 4 N–H and O–H groups in total. The smallest absolute Gasteiger partial charge is 0.244 e. The summed E-state index contributed by atoms with van der Waals surface area (Å²) in [4.78, 5) is 3.92. The number of nitrogen functional groups attached to an aromatic ring is 1. The number of hydrogen-bond acceptors (Lipinski definition) is 6. The van der Waals surface area contributed by atoms with Crippen LogP contribution in [0.1, 0.15) is 13.3 Å². The SMILES string of the molecule is CC1(NS(=O)(=O)c2cc(Br)cnc2NN)CCOC1. The van der Waals surface area contributed by atoms with Crippen LogP contribution in [0.4, 0.5) is 5.82 Å². The monoisotopic (exact) mass is 350 g/mol. The van der Waals surface area contributed by atoms with Crippen molar-refractivity contribution >= 4 is 31.8 Å². The molecule has 1 aliphatic heterocycles. The summed E-state index contributed by atoms with van der Waals surface area (Å²) in [5.74, 6) is 5.39. The third-order valence-electron chi connectivity index (χ3n) is 2.85. The van der Waals surface area contributed by atoms with Gasteiger partial charge in [-0.3, -0.25) is 0 Å². The van der Waals surface area contributed by atoms with Crippen molar-refractivity contribution in [1.29, 1.82) is 0 Å². The minimum absolute atomic E-state index is 0.00231. The maximum Gasteiger partial charge on any atom is 0.244 e. The van der Waals surface area contributed by atoms with Crippen LogP contribution in [0.15, 0.2) is 21.6 Å². The minimum atomic E-state index is -3.73. The van der Waals surface area contributed by atoms with E-state index < -0.39 is 15.6 Å². The van der Waals surface area contributed by atoms with Crippen LogP contribution in [0.25, 0.3) is 0 Å². The first-order valence-electron chi connectivity index (χ1n) is 5.60. The summed E-state index contributed by atoms with van der Waals surface area (Å²) in [7, 11) is -3.73. The van der Waals surface area contributed by atoms with Crippen molar-refractivity contribution in [3.63, 3.8) is 0 Å². The Bertz CT molecular complexity index is 572. The quantitative estimate of drug-likeness (QED) is 0.541. The summed E-state index contributed by atoms with van der Waals surface area (Å²) in [6, 6.07) is 1.45. The second-order valence-corrected chi connectivity index (χ2v) is 7.18. The molecule has 0 aromatic carbocycles. The van der Waals surface area contributed by atoms with Crippen molar-refractivity contribution in [1.82, 2.24) is 9.71 Å². The van der Waals surface area contributed by atoms with E-state index in [4.69, 9.17) is 10.6 Å². The Balaban J connectivity index is 2.36. The molecule has 0 aliphatic carbocycles. The van der Waals surface area contributed by atoms with E-state index >= 15 is 0 Å². The topological polar surface area (TPSA) is 106 Å². The molecular weight excluding hydrogens is 336 g/mol. The summed E-state index contributed by atoms with van der Waals surface area (Å²) >= 11 is 3.20. The predicted molar refractivity (Wildman–Crippen MR) is 73.9 cm³/mol. The predicted octanol–water partition coefficient (Wildman–Crippen LogP) is 0.587. The number of hydrogen-bond donors (Lipinski definition) is 3. The number of rotatable bonds is 4. The van der Waals surface area contributed by atoms with Crippen molar-refractivity contribution < 1.29 is 13.2 Å². The van der Waals surface area contributed by atoms with Crippen LogP contribution in [0.3, 0.4) is 0 Å². The highest BCUT2D eigenvalue weighted by molar-refractivity contribution is 9.10. The van der Waals surface area contributed by atoms with Crippen LogP contribution in [0.5, 0.6) is 0 Å². The number of halogens is 1. The average Bonchev–Trinajstić information content (AvgIpc) is 2.74. The zero-order valence-electron chi connectivity index (χ0n) is 10.3. The molecule has 9 heteroatoms. The van der Waals surface area contributed by atoms with Crippen LogP contribution < -0.4 is 16.0 Å². The van der Waals surface area contributed by atoms with E-state index in [0.29, 0.717) is 24.1 Å². The summed E-state index contributed by atoms with van der Waals surface area (Å²) in [5, 5.41) is 0. The Kier molecular flexibility index (Phi) is 4.11. The Hall–Kier alpha value is -0.740. The van der Waals surface area contributed by atoms with E-state index in [9.17, 15) is 8.42 Å². The van der Waals surface area contributed by atoms with Gasteiger partial charge in [0.1, 0.15) is 4.90 Å². The Morgan fingerprint density at radius 2 is 2.32 bits per heavy atom. The Morgan fingerprint density at radius 3 is 2.89 bits per heavy atom. The third kappa shape index (κ3) is 3.23. The van der Waals surface area contributed by atoms with Gasteiger partial charge in [-0.1, -0.05) is 0 Å². The first-order valence-corrected chi connectivity index (χ1v) is 7.88. The molecule has 0 bridgehead atoms. The molecular formula is C10H15BrN4O3S. The molecule has 1 atom stereocenters. The average molecular weight is 351 g/mol. The zero-order valence-corrected chi connectivity index (χ0v) is 12.7. The molecule has 0 radical (unpaired) electrons. The fourth-order valence-electron chi connectivity index (χ4n) is 1.86. The molecule has 1 aromatic rings. The number of hydrazine groups is 1. The molecule has 106 valence electrons. The van der Waals surface area contributed by atoms with E-state index in [1.165, 1.54) is 12.3 Å². The fraction of sp³-hybridized carbons (Fsp3) is 0.500. The van der Waals surface area contributed by atoms with Crippen molar-refractivity contribution in [2.45, 2.75) is 23.8 Å². The molecule has 1 saturated heterocycles. The maximum absolute atomic E-state index is 12.4. The lowest BCUT2D eigenvalue weighted by Gasteiger charge is -2.23. The lowest BCUT2D eigenvalue weighted by molar-refractivity contribution is 0.178. The van der Waals surface area contributed by atoms with Crippen LogP contribution in [0.2, 0.25) is 0 Å². The van der Waals surface area contributed by atoms with Gasteiger partial charge in [0, 0.05) is 17.3 Å². The minimum Gasteiger partial charge on any atom is -0.379 e. The highest BCUT2D eigenvalue weighted by Gasteiger charge is 2.35. The Morgan fingerprint density at radius 1 is 1.58 bits per heavy atom. The number of nitrogens with two attached hydrogens (primary N) is 1. The number of ether oxygens (including phenoxy) is 1. The van der Waals surface area contributed by atoms with Crippen molar-refractivity contribution in [3.8, 4) is 0 Å². The molecule has 2 heterocycles. The highest BCUT2D eigenvalue weighted by Crippen LogP contribution is 2.26. The van der Waals surface area contributed by atoms with Crippen LogP contribution >= 0.6 is 15.9 Å². The van der Waals surface area contributed by atoms with E-state index in [2.05, 4.69) is 31.1 Å². The van der Waals surface area contributed by atoms with E-state index in [1.54, 1.807) is 6.92 Å². The lowest BCUT2D eigenvalue weighted by Crippen LogP contribution is -2.46. The third-order valence-corrected chi connectivity index (χ3v) is 4.93. The van der Waals surface area contributed by atoms with Gasteiger partial charge in [-0.15, -0.1) is 0 Å². The summed E-state index contributed by atoms with van der Waals surface area (Å²) in [5.41, 5.74) is 1.68. The fourth-order valence-corrected chi connectivity index (χ4v) is 3.91. The molecule has 0 amide bonds. The normalized spacial score (nSPS) is 23.5. The number of aromatic nitrogens is 1. The zero-order chi connectivity index (χ0) is 14.1. The number of sulfonamides is 1. The van der Waals surface area contributed by atoms with Gasteiger partial charge in [-0.25, -0.2) is 24.0 Å². The van der Waals surface area contributed by atoms with Gasteiger partial charge in [0.25, 0.3) is 0 Å². The van der Waals surface area contributed by atoms with E-state index in [0.717, 1.165) is 0 Å². The van der Waals surface area contributed by atoms with Gasteiger partial charge in [0.15, 0.2) is 5.82 Å². The second-order valence-electron chi connectivity index (χ2n) is 4.61. The molecule has 0 spiro atoms. The standard InChI is InChI=1S/C10H15BrN4O3S/c1-10(2-3-18-6-10)15-19(16,17)8-4-7(11)5-13-9(8)14-12/h4-5,15H,2-3,6,12H2,1H3,(H,13,14). The summed E-state index contributed by atoms with van der Waals surface area (Å²) < 4.78 is 33.2. The number of nitrogens with one attached hydrogen (secondary N) is 2. The highest BCUT2D eigenvalue weighted by atomic mass is 79.9. The van der Waals surface area contributed by atoms with Gasteiger partial charge in [0.2, 0.25) is 10.0 Å². The van der Waals surface area contributed by atoms with Gasteiger partial charge in [-0.2, -0.15) is 0 Å². The van der Waals surface area contributed by atoms with Crippen LogP contribution in [-0.4, -0.2) is 32.2 Å². The van der Waals surface area contributed by atoms with E-state index in [1.807, 2.05) is 0 Å². The van der Waals surface area contributed by atoms with E-state index in [-0.39, 0.29) is 10.7 Å². The van der Waals surface area contributed by atoms with Crippen LogP contribution in [-0.2, 0) is 14.8 Å². The molecule has 1 aromatic heterocycles.